The summed E-state index contributed by atoms with van der Waals surface area (Å²) in [5.74, 6) is 1.83. The summed E-state index contributed by atoms with van der Waals surface area (Å²) in [6.07, 6.45) is 6.86. The molecule has 0 aromatic carbocycles. The first-order valence-electron chi connectivity index (χ1n) is 9.03. The van der Waals surface area contributed by atoms with Gasteiger partial charge in [0.2, 0.25) is 0 Å². The Morgan fingerprint density at radius 2 is 1.55 bits per heavy atom. The predicted molar refractivity (Wildman–Crippen MR) is 90.3 cm³/mol. The highest BCUT2D eigenvalue weighted by molar-refractivity contribution is 5.05. The molecular weight excluding hydrogens is 246 g/mol. The molecule has 0 aromatic heterocycles. The number of hydrogen-bond donors (Lipinski definition) is 0. The molecule has 2 atom stereocenters. The first kappa shape index (κ1) is 19.9. The van der Waals surface area contributed by atoms with E-state index in [9.17, 15) is 0 Å². The minimum atomic E-state index is 0.411. The molecule has 0 aromatic rings. The first-order valence-corrected chi connectivity index (χ1v) is 9.03. The van der Waals surface area contributed by atoms with E-state index < -0.39 is 0 Å². The number of nitrogens with zero attached hydrogens (tertiary/aromatic N) is 1. The molecule has 0 amide bonds. The Morgan fingerprint density at radius 3 is 1.95 bits per heavy atom. The summed E-state index contributed by atoms with van der Waals surface area (Å²) in [5.41, 5.74) is 0.411. The lowest BCUT2D eigenvalue weighted by Gasteiger charge is -2.58. The SMILES string of the molecule is CC.CC.CCCC1CCN(C)C2(COC2)C1CCC. The Kier molecular flexibility index (Phi) is 10.6. The van der Waals surface area contributed by atoms with Crippen molar-refractivity contribution in [2.75, 3.05) is 26.8 Å². The van der Waals surface area contributed by atoms with Crippen LogP contribution in [0.3, 0.4) is 0 Å². The Balaban J connectivity index is 0.000000829. The topological polar surface area (TPSA) is 12.5 Å². The molecule has 20 heavy (non-hydrogen) atoms. The van der Waals surface area contributed by atoms with Gasteiger partial charge in [-0.15, -0.1) is 0 Å². The van der Waals surface area contributed by atoms with Gasteiger partial charge in [-0.05, 0) is 38.3 Å². The Bertz CT molecular complexity index is 225. The molecule has 2 heterocycles. The van der Waals surface area contributed by atoms with E-state index in [0.717, 1.165) is 25.0 Å². The van der Waals surface area contributed by atoms with Crippen LogP contribution in [0.25, 0.3) is 0 Å². The molecule has 2 rings (SSSR count). The third-order valence-electron chi connectivity index (χ3n) is 4.82. The Hall–Kier alpha value is -0.0800. The quantitative estimate of drug-likeness (QED) is 0.722. The van der Waals surface area contributed by atoms with Crippen LogP contribution in [-0.4, -0.2) is 37.2 Å². The largest absolute Gasteiger partial charge is 0.377 e. The van der Waals surface area contributed by atoms with Crippen LogP contribution in [0.1, 0.15) is 73.6 Å². The van der Waals surface area contributed by atoms with Gasteiger partial charge in [-0.3, -0.25) is 4.90 Å². The fraction of sp³-hybridized carbons (Fsp3) is 1.00. The summed E-state index contributed by atoms with van der Waals surface area (Å²) in [6, 6.07) is 0. The normalized spacial score (nSPS) is 27.8. The van der Waals surface area contributed by atoms with Crippen molar-refractivity contribution in [1.29, 1.82) is 0 Å². The number of likely N-dealkylation sites (N-methyl/N-ethyl adjacent to an activating group) is 1. The number of ether oxygens (including phenoxy) is 1. The second-order valence-electron chi connectivity index (χ2n) is 5.75. The van der Waals surface area contributed by atoms with Crippen LogP contribution < -0.4 is 0 Å². The molecule has 2 aliphatic heterocycles. The monoisotopic (exact) mass is 285 g/mol. The summed E-state index contributed by atoms with van der Waals surface area (Å²) < 4.78 is 5.55. The van der Waals surface area contributed by atoms with Gasteiger partial charge in [0.05, 0.1) is 18.8 Å². The van der Waals surface area contributed by atoms with Gasteiger partial charge in [0, 0.05) is 0 Å². The lowest BCUT2D eigenvalue weighted by molar-refractivity contribution is -0.192. The van der Waals surface area contributed by atoms with E-state index >= 15 is 0 Å². The van der Waals surface area contributed by atoms with Crippen molar-refractivity contribution >= 4 is 0 Å². The third-order valence-corrected chi connectivity index (χ3v) is 4.82. The number of hydrogen-bond acceptors (Lipinski definition) is 2. The van der Waals surface area contributed by atoms with Gasteiger partial charge in [0.25, 0.3) is 0 Å². The zero-order valence-electron chi connectivity index (χ0n) is 15.2. The molecule has 2 aliphatic rings. The molecular formula is C18H39NO. The zero-order valence-corrected chi connectivity index (χ0v) is 15.2. The van der Waals surface area contributed by atoms with E-state index in [1.165, 1.54) is 38.6 Å². The van der Waals surface area contributed by atoms with Crippen LogP contribution in [0.15, 0.2) is 0 Å². The maximum absolute atomic E-state index is 5.55. The molecule has 2 nitrogen and oxygen atoms in total. The van der Waals surface area contributed by atoms with E-state index in [1.54, 1.807) is 0 Å². The lowest BCUT2D eigenvalue weighted by atomic mass is 9.66. The van der Waals surface area contributed by atoms with Gasteiger partial charge < -0.3 is 4.74 Å². The van der Waals surface area contributed by atoms with Crippen LogP contribution in [0.4, 0.5) is 0 Å². The van der Waals surface area contributed by atoms with Crippen molar-refractivity contribution in [1.82, 2.24) is 4.90 Å². The van der Waals surface area contributed by atoms with Crippen LogP contribution in [0.2, 0.25) is 0 Å². The minimum Gasteiger partial charge on any atom is -0.377 e. The van der Waals surface area contributed by atoms with Gasteiger partial charge >= 0.3 is 0 Å². The van der Waals surface area contributed by atoms with E-state index in [0.29, 0.717) is 5.54 Å². The van der Waals surface area contributed by atoms with Crippen LogP contribution in [0, 0.1) is 11.8 Å². The highest BCUT2D eigenvalue weighted by atomic mass is 16.5. The molecule has 122 valence electrons. The number of likely N-dealkylation sites (tertiary alicyclic amines) is 1. The molecule has 0 aliphatic carbocycles. The molecule has 2 heteroatoms. The fourth-order valence-electron chi connectivity index (χ4n) is 3.78. The van der Waals surface area contributed by atoms with Gasteiger partial charge in [-0.1, -0.05) is 60.8 Å². The Morgan fingerprint density at radius 1 is 1.00 bits per heavy atom. The first-order chi connectivity index (χ1) is 9.74. The summed E-state index contributed by atoms with van der Waals surface area (Å²) in [7, 11) is 2.30. The van der Waals surface area contributed by atoms with Crippen LogP contribution in [-0.2, 0) is 4.74 Å². The highest BCUT2D eigenvalue weighted by Gasteiger charge is 2.52. The van der Waals surface area contributed by atoms with E-state index in [2.05, 4.69) is 25.8 Å². The molecule has 0 bridgehead atoms. The van der Waals surface area contributed by atoms with Crippen molar-refractivity contribution in [3.05, 3.63) is 0 Å². The summed E-state index contributed by atoms with van der Waals surface area (Å²) in [6.45, 7) is 15.9. The second kappa shape index (κ2) is 10.6. The molecule has 2 unspecified atom stereocenters. The minimum absolute atomic E-state index is 0.411. The van der Waals surface area contributed by atoms with Crippen molar-refractivity contribution in [2.24, 2.45) is 11.8 Å². The van der Waals surface area contributed by atoms with Gasteiger partial charge in [0.15, 0.2) is 0 Å². The number of piperidine rings is 1. The van der Waals surface area contributed by atoms with Crippen molar-refractivity contribution < 1.29 is 4.74 Å². The lowest BCUT2D eigenvalue weighted by Crippen LogP contribution is -2.69. The maximum Gasteiger partial charge on any atom is 0.0707 e. The molecule has 0 N–H and O–H groups in total. The molecule has 2 saturated heterocycles. The van der Waals surface area contributed by atoms with E-state index in [-0.39, 0.29) is 0 Å². The fourth-order valence-corrected chi connectivity index (χ4v) is 3.78. The van der Waals surface area contributed by atoms with Crippen molar-refractivity contribution in [2.45, 2.75) is 79.2 Å². The Labute approximate surface area is 128 Å². The van der Waals surface area contributed by atoms with E-state index in [1.807, 2.05) is 27.7 Å². The van der Waals surface area contributed by atoms with Crippen LogP contribution >= 0.6 is 0 Å². The summed E-state index contributed by atoms with van der Waals surface area (Å²) in [4.78, 5) is 2.59. The molecule has 1 spiro atoms. The molecule has 2 fully saturated rings. The zero-order chi connectivity index (χ0) is 15.6. The summed E-state index contributed by atoms with van der Waals surface area (Å²) >= 11 is 0. The average Bonchev–Trinajstić information content (AvgIpc) is 2.45. The molecule has 0 radical (unpaired) electrons. The highest BCUT2D eigenvalue weighted by Crippen LogP contribution is 2.45. The predicted octanol–water partition coefficient (Wildman–Crippen LogP) is 4.98. The smallest absolute Gasteiger partial charge is 0.0707 e. The van der Waals surface area contributed by atoms with Crippen LogP contribution in [0.5, 0.6) is 0 Å². The number of rotatable bonds is 4. The standard InChI is InChI=1S/C14H27NO.2C2H6/c1-4-6-12-8-9-15(3)14(10-16-11-14)13(12)7-5-2;2*1-2/h12-13H,4-11H2,1-3H3;2*1-2H3. The second-order valence-corrected chi connectivity index (χ2v) is 5.75. The van der Waals surface area contributed by atoms with Crippen molar-refractivity contribution in [3.8, 4) is 0 Å². The van der Waals surface area contributed by atoms with Crippen molar-refractivity contribution in [3.63, 3.8) is 0 Å². The molecule has 0 saturated carbocycles. The summed E-state index contributed by atoms with van der Waals surface area (Å²) in [5, 5.41) is 0. The van der Waals surface area contributed by atoms with Gasteiger partial charge in [-0.25, -0.2) is 0 Å². The average molecular weight is 286 g/mol. The van der Waals surface area contributed by atoms with Gasteiger partial charge in [-0.2, -0.15) is 0 Å². The third kappa shape index (κ3) is 4.21. The van der Waals surface area contributed by atoms with Gasteiger partial charge in [0.1, 0.15) is 0 Å². The van der Waals surface area contributed by atoms with E-state index in [4.69, 9.17) is 4.74 Å². The maximum atomic E-state index is 5.55.